The topological polar surface area (TPSA) is 85.4 Å². The molecular formula is C25H40O6. The van der Waals surface area contributed by atoms with E-state index in [9.17, 15) is 9.59 Å². The zero-order valence-electron chi connectivity index (χ0n) is 20.1. The fraction of sp³-hybridized carbons (Fsp3) is 0.760. The van der Waals surface area contributed by atoms with Crippen LogP contribution in [0.15, 0.2) is 23.8 Å². The number of rotatable bonds is 11. The molecule has 0 aromatic heterocycles. The average molecular weight is 437 g/mol. The summed E-state index contributed by atoms with van der Waals surface area (Å²) >= 11 is 0. The first-order valence-electron chi connectivity index (χ1n) is 11.4. The number of hydrogen-bond donors (Lipinski definition) is 1. The Kier molecular flexibility index (Phi) is 9.04. The van der Waals surface area contributed by atoms with Crippen molar-refractivity contribution in [2.24, 2.45) is 17.8 Å². The Labute approximate surface area is 187 Å². The standard InChI is InChI=1S/C25H40O6/c1-15(14-25(6)24(31-25)18(4)23(29-7)19(5)26)9-8-10-16(2)22-17(3)11-12-20(30-22)13-21(27)28/h8-10,15,17-18,20,22-24H,11-14H2,1-7H3,(H,27,28)/b9-8+,16-10+/t15?,17-,18?,20+,22+,23?,24+,25+/m0/s1. The second-order valence-corrected chi connectivity index (χ2v) is 9.79. The molecular weight excluding hydrogens is 396 g/mol. The van der Waals surface area contributed by atoms with Gasteiger partial charge >= 0.3 is 5.97 Å². The number of epoxide rings is 1. The zero-order chi connectivity index (χ0) is 23.3. The molecule has 0 amide bonds. The molecule has 0 saturated carbocycles. The molecule has 3 unspecified atom stereocenters. The lowest BCUT2D eigenvalue weighted by Gasteiger charge is -2.35. The van der Waals surface area contributed by atoms with Crippen molar-refractivity contribution in [3.8, 4) is 0 Å². The number of carbonyl (C=O) groups is 2. The summed E-state index contributed by atoms with van der Waals surface area (Å²) in [6.45, 7) is 12.1. The fourth-order valence-electron chi connectivity index (χ4n) is 5.10. The molecule has 6 nitrogen and oxygen atoms in total. The number of carboxylic acids is 1. The lowest BCUT2D eigenvalue weighted by Crippen LogP contribution is -2.35. The summed E-state index contributed by atoms with van der Waals surface area (Å²) in [6, 6.07) is 0. The summed E-state index contributed by atoms with van der Waals surface area (Å²) in [5, 5.41) is 9.04. The fourth-order valence-corrected chi connectivity index (χ4v) is 5.10. The van der Waals surface area contributed by atoms with E-state index in [2.05, 4.69) is 45.9 Å². The van der Waals surface area contributed by atoms with E-state index in [1.807, 2.05) is 6.92 Å². The lowest BCUT2D eigenvalue weighted by atomic mass is 9.86. The first-order chi connectivity index (χ1) is 14.5. The smallest absolute Gasteiger partial charge is 0.305 e. The molecule has 2 saturated heterocycles. The number of ketones is 1. The number of ether oxygens (including phenoxy) is 3. The number of carboxylic acid groups (broad SMARTS) is 1. The van der Waals surface area contributed by atoms with E-state index in [1.54, 1.807) is 14.0 Å². The van der Waals surface area contributed by atoms with Gasteiger partial charge in [-0.15, -0.1) is 0 Å². The molecule has 6 heteroatoms. The maximum absolute atomic E-state index is 11.8. The second-order valence-electron chi connectivity index (χ2n) is 9.79. The van der Waals surface area contributed by atoms with E-state index in [0.29, 0.717) is 11.8 Å². The van der Waals surface area contributed by atoms with Crippen LogP contribution in [0.4, 0.5) is 0 Å². The highest BCUT2D eigenvalue weighted by atomic mass is 16.6. The third kappa shape index (κ3) is 6.99. The molecule has 2 aliphatic rings. The predicted octanol–water partition coefficient (Wildman–Crippen LogP) is 4.57. The van der Waals surface area contributed by atoms with E-state index < -0.39 is 12.1 Å². The van der Waals surface area contributed by atoms with Gasteiger partial charge in [-0.3, -0.25) is 9.59 Å². The van der Waals surface area contributed by atoms with Gasteiger partial charge in [0.25, 0.3) is 0 Å². The van der Waals surface area contributed by atoms with Gasteiger partial charge in [0, 0.05) is 13.0 Å². The summed E-state index contributed by atoms with van der Waals surface area (Å²) in [7, 11) is 1.57. The van der Waals surface area contributed by atoms with Crippen molar-refractivity contribution >= 4 is 11.8 Å². The van der Waals surface area contributed by atoms with Crippen molar-refractivity contribution in [2.45, 2.75) is 97.2 Å². The summed E-state index contributed by atoms with van der Waals surface area (Å²) in [5.74, 6) is -0.0602. The number of Topliss-reactive ketones (excluding diaryl/α,β-unsaturated/α-hetero) is 1. The van der Waals surface area contributed by atoms with Gasteiger partial charge in [-0.25, -0.2) is 0 Å². The summed E-state index contributed by atoms with van der Waals surface area (Å²) in [6.07, 6.45) is 8.38. The molecule has 0 aromatic carbocycles. The summed E-state index contributed by atoms with van der Waals surface area (Å²) < 4.78 is 17.4. The average Bonchev–Trinajstić information content (AvgIpc) is 3.33. The van der Waals surface area contributed by atoms with Gasteiger partial charge in [0.15, 0.2) is 5.78 Å². The number of allylic oxidation sites excluding steroid dienone is 3. The van der Waals surface area contributed by atoms with Gasteiger partial charge in [-0.05, 0) is 57.4 Å². The molecule has 0 spiro atoms. The normalized spacial score (nSPS) is 34.4. The molecule has 8 atom stereocenters. The van der Waals surface area contributed by atoms with Crippen molar-refractivity contribution in [2.75, 3.05) is 7.11 Å². The van der Waals surface area contributed by atoms with E-state index >= 15 is 0 Å². The van der Waals surface area contributed by atoms with Crippen LogP contribution in [0.5, 0.6) is 0 Å². The maximum atomic E-state index is 11.8. The Hall–Kier alpha value is -1.50. The summed E-state index contributed by atoms with van der Waals surface area (Å²) in [4.78, 5) is 22.8. The minimum Gasteiger partial charge on any atom is -0.481 e. The first kappa shape index (κ1) is 25.8. The van der Waals surface area contributed by atoms with Crippen molar-refractivity contribution < 1.29 is 28.9 Å². The SMILES string of the molecule is COC(C(C)=O)C(C)[C@H]1O[C@]1(C)CC(C)/C=C/C=C(\C)[C@H]1O[C@@H](CC(=O)O)CC[C@@H]1C. The van der Waals surface area contributed by atoms with E-state index in [4.69, 9.17) is 19.3 Å². The number of carbonyl (C=O) groups excluding carboxylic acids is 1. The van der Waals surface area contributed by atoms with Crippen molar-refractivity contribution in [1.82, 2.24) is 0 Å². The van der Waals surface area contributed by atoms with Gasteiger partial charge in [-0.1, -0.05) is 39.0 Å². The molecule has 176 valence electrons. The highest BCUT2D eigenvalue weighted by Gasteiger charge is 2.56. The van der Waals surface area contributed by atoms with Crippen LogP contribution in [0, 0.1) is 17.8 Å². The van der Waals surface area contributed by atoms with Gasteiger partial charge in [0.1, 0.15) is 6.10 Å². The number of aliphatic carboxylic acids is 1. The lowest BCUT2D eigenvalue weighted by molar-refractivity contribution is -0.143. The molecule has 2 rings (SSSR count). The second kappa shape index (κ2) is 10.9. The Balaban J connectivity index is 1.89. The molecule has 1 N–H and O–H groups in total. The number of hydrogen-bond acceptors (Lipinski definition) is 5. The van der Waals surface area contributed by atoms with Crippen molar-refractivity contribution in [1.29, 1.82) is 0 Å². The molecule has 2 aliphatic heterocycles. The quantitative estimate of drug-likeness (QED) is 0.377. The van der Waals surface area contributed by atoms with E-state index in [-0.39, 0.29) is 42.0 Å². The molecule has 0 radical (unpaired) electrons. The molecule has 0 aromatic rings. The van der Waals surface area contributed by atoms with Gasteiger partial charge in [-0.2, -0.15) is 0 Å². The summed E-state index contributed by atoms with van der Waals surface area (Å²) in [5.41, 5.74) is 0.884. The van der Waals surface area contributed by atoms with Gasteiger partial charge in [0.05, 0.1) is 30.3 Å². The Morgan fingerprint density at radius 3 is 2.52 bits per heavy atom. The minimum atomic E-state index is -0.808. The highest BCUT2D eigenvalue weighted by molar-refractivity contribution is 5.80. The van der Waals surface area contributed by atoms with Crippen LogP contribution in [0.2, 0.25) is 0 Å². The van der Waals surface area contributed by atoms with Crippen molar-refractivity contribution in [3.63, 3.8) is 0 Å². The molecule has 0 bridgehead atoms. The van der Waals surface area contributed by atoms with Crippen LogP contribution in [-0.2, 0) is 23.8 Å². The van der Waals surface area contributed by atoms with Gasteiger partial charge in [0.2, 0.25) is 0 Å². The number of methoxy groups -OCH3 is 1. The molecule has 2 fully saturated rings. The third-order valence-corrected chi connectivity index (χ3v) is 6.73. The predicted molar refractivity (Wildman–Crippen MR) is 120 cm³/mol. The largest absolute Gasteiger partial charge is 0.481 e. The molecule has 0 aliphatic carbocycles. The van der Waals surface area contributed by atoms with Crippen LogP contribution in [0.3, 0.4) is 0 Å². The highest BCUT2D eigenvalue weighted by Crippen LogP contribution is 2.47. The first-order valence-corrected chi connectivity index (χ1v) is 11.4. The third-order valence-electron chi connectivity index (χ3n) is 6.73. The van der Waals surface area contributed by atoms with Crippen LogP contribution >= 0.6 is 0 Å². The van der Waals surface area contributed by atoms with Crippen LogP contribution in [-0.4, -0.2) is 54.0 Å². The van der Waals surface area contributed by atoms with Gasteiger partial charge < -0.3 is 19.3 Å². The Morgan fingerprint density at radius 2 is 1.94 bits per heavy atom. The minimum absolute atomic E-state index is 0.0227. The molecule has 31 heavy (non-hydrogen) atoms. The van der Waals surface area contributed by atoms with Crippen LogP contribution < -0.4 is 0 Å². The zero-order valence-corrected chi connectivity index (χ0v) is 20.1. The molecule has 2 heterocycles. The van der Waals surface area contributed by atoms with Crippen LogP contribution in [0.1, 0.15) is 67.2 Å². The van der Waals surface area contributed by atoms with E-state index in [0.717, 1.165) is 24.8 Å². The maximum Gasteiger partial charge on any atom is 0.305 e. The Bertz CT molecular complexity index is 698. The Morgan fingerprint density at radius 1 is 1.26 bits per heavy atom. The monoisotopic (exact) mass is 436 g/mol. The van der Waals surface area contributed by atoms with Crippen LogP contribution in [0.25, 0.3) is 0 Å². The van der Waals surface area contributed by atoms with E-state index in [1.165, 1.54) is 0 Å². The van der Waals surface area contributed by atoms with Crippen molar-refractivity contribution in [3.05, 3.63) is 23.8 Å².